The SMILES string of the molecule is O=S(=O)(Cc1cccc(Cl)c1)Nc1ccc(Oc2ncccc2-c2ccnc(NC3CCCNC3)n2)c(F)c1F. The minimum atomic E-state index is -4.07. The van der Waals surface area contributed by atoms with E-state index in [1.54, 1.807) is 42.6 Å². The standard InChI is InChI=1S/C27H25ClF2N6O3S/c28-18-5-1-4-17(14-18)16-40(37,38)36-22-8-9-23(25(30)24(22)29)39-26-20(7-3-12-32-26)21-10-13-33-27(35-21)34-19-6-2-11-31-15-19/h1,3-5,7-10,12-14,19,31,36H,2,6,11,15-16H2,(H,33,34,35). The van der Waals surface area contributed by atoms with Gasteiger partial charge in [-0.15, -0.1) is 0 Å². The van der Waals surface area contributed by atoms with Gasteiger partial charge in [0.15, 0.2) is 11.6 Å². The number of pyridine rings is 1. The predicted molar refractivity (Wildman–Crippen MR) is 149 cm³/mol. The van der Waals surface area contributed by atoms with Gasteiger partial charge in [0.25, 0.3) is 0 Å². The lowest BCUT2D eigenvalue weighted by atomic mass is 10.1. The van der Waals surface area contributed by atoms with Crippen LogP contribution in [0.1, 0.15) is 18.4 Å². The molecule has 0 amide bonds. The summed E-state index contributed by atoms with van der Waals surface area (Å²) in [5, 5.41) is 6.98. The molecule has 1 fully saturated rings. The second kappa shape index (κ2) is 12.1. The molecule has 4 aromatic rings. The summed E-state index contributed by atoms with van der Waals surface area (Å²) in [6.45, 7) is 1.77. The predicted octanol–water partition coefficient (Wildman–Crippen LogP) is 5.37. The molecule has 208 valence electrons. The quantitative estimate of drug-likeness (QED) is 0.240. The van der Waals surface area contributed by atoms with Crippen LogP contribution >= 0.6 is 11.6 Å². The van der Waals surface area contributed by atoms with E-state index < -0.39 is 38.8 Å². The number of nitrogens with one attached hydrogen (secondary N) is 3. The molecule has 0 radical (unpaired) electrons. The van der Waals surface area contributed by atoms with E-state index >= 15 is 4.39 Å². The number of anilines is 2. The van der Waals surface area contributed by atoms with Crippen molar-refractivity contribution in [2.75, 3.05) is 23.1 Å². The van der Waals surface area contributed by atoms with Crippen molar-refractivity contribution in [2.45, 2.75) is 24.6 Å². The number of nitrogens with zero attached hydrogens (tertiary/aromatic N) is 3. The Hall–Kier alpha value is -3.87. The summed E-state index contributed by atoms with van der Waals surface area (Å²) in [7, 11) is -4.07. The molecule has 0 spiro atoms. The third kappa shape index (κ3) is 6.82. The molecule has 0 bridgehead atoms. The van der Waals surface area contributed by atoms with Crippen LogP contribution < -0.4 is 20.1 Å². The van der Waals surface area contributed by atoms with Gasteiger partial charge in [-0.1, -0.05) is 23.7 Å². The van der Waals surface area contributed by atoms with E-state index in [2.05, 4.69) is 30.3 Å². The van der Waals surface area contributed by atoms with Crippen molar-refractivity contribution < 1.29 is 21.9 Å². The number of piperidine rings is 1. The monoisotopic (exact) mass is 586 g/mol. The van der Waals surface area contributed by atoms with E-state index in [0.717, 1.165) is 38.1 Å². The van der Waals surface area contributed by atoms with Gasteiger partial charge < -0.3 is 15.4 Å². The molecule has 1 aliphatic heterocycles. The van der Waals surface area contributed by atoms with E-state index in [4.69, 9.17) is 16.3 Å². The summed E-state index contributed by atoms with van der Waals surface area (Å²) in [5.74, 6) is -3.34. The summed E-state index contributed by atoms with van der Waals surface area (Å²) < 4.78 is 62.8. The summed E-state index contributed by atoms with van der Waals surface area (Å²) in [5.41, 5.74) is 0.732. The molecule has 3 N–H and O–H groups in total. The first-order valence-electron chi connectivity index (χ1n) is 12.4. The van der Waals surface area contributed by atoms with Crippen molar-refractivity contribution in [3.63, 3.8) is 0 Å². The van der Waals surface area contributed by atoms with Crippen LogP contribution in [0.3, 0.4) is 0 Å². The summed E-state index contributed by atoms with van der Waals surface area (Å²) in [6.07, 6.45) is 5.06. The lowest BCUT2D eigenvalue weighted by Gasteiger charge is -2.23. The molecular weight excluding hydrogens is 562 g/mol. The van der Waals surface area contributed by atoms with E-state index in [-0.39, 0.29) is 11.9 Å². The van der Waals surface area contributed by atoms with Crippen molar-refractivity contribution in [1.29, 1.82) is 0 Å². The summed E-state index contributed by atoms with van der Waals surface area (Å²) in [6, 6.07) is 13.6. The minimum absolute atomic E-state index is 0.0147. The van der Waals surface area contributed by atoms with Crippen LogP contribution in [0, 0.1) is 11.6 Å². The van der Waals surface area contributed by atoms with E-state index in [1.165, 1.54) is 12.3 Å². The van der Waals surface area contributed by atoms with Gasteiger partial charge in [-0.3, -0.25) is 4.72 Å². The zero-order chi connectivity index (χ0) is 28.1. The van der Waals surface area contributed by atoms with E-state index in [9.17, 15) is 12.8 Å². The maximum Gasteiger partial charge on any atom is 0.237 e. The van der Waals surface area contributed by atoms with Crippen LogP contribution in [0.4, 0.5) is 20.4 Å². The van der Waals surface area contributed by atoms with Crippen LogP contribution in [0.15, 0.2) is 67.0 Å². The summed E-state index contributed by atoms with van der Waals surface area (Å²) >= 11 is 5.91. The van der Waals surface area contributed by atoms with Gasteiger partial charge in [-0.05, 0) is 67.4 Å². The van der Waals surface area contributed by atoms with Crippen LogP contribution in [0.2, 0.25) is 5.02 Å². The molecule has 40 heavy (non-hydrogen) atoms. The molecular formula is C27H25ClF2N6O3S. The maximum absolute atomic E-state index is 15.0. The average Bonchev–Trinajstić information content (AvgIpc) is 2.93. The van der Waals surface area contributed by atoms with Crippen molar-refractivity contribution in [2.24, 2.45) is 0 Å². The van der Waals surface area contributed by atoms with Crippen LogP contribution in [0.5, 0.6) is 11.6 Å². The molecule has 2 aromatic heterocycles. The van der Waals surface area contributed by atoms with Crippen molar-refractivity contribution in [1.82, 2.24) is 20.3 Å². The molecule has 2 aromatic carbocycles. The number of rotatable bonds is 9. The second-order valence-corrected chi connectivity index (χ2v) is 11.3. The smallest absolute Gasteiger partial charge is 0.237 e. The first kappa shape index (κ1) is 27.7. The Kier molecular flexibility index (Phi) is 8.38. The number of halogens is 3. The highest BCUT2D eigenvalue weighted by Gasteiger charge is 2.22. The number of hydrogen-bond donors (Lipinski definition) is 3. The molecule has 3 heterocycles. The lowest BCUT2D eigenvalue weighted by Crippen LogP contribution is -2.38. The normalized spacial score (nSPS) is 15.4. The lowest BCUT2D eigenvalue weighted by molar-refractivity contribution is 0.407. The van der Waals surface area contributed by atoms with Crippen molar-refractivity contribution in [3.05, 3.63) is 89.2 Å². The number of sulfonamides is 1. The van der Waals surface area contributed by atoms with Gasteiger partial charge in [-0.2, -0.15) is 4.39 Å². The summed E-state index contributed by atoms with van der Waals surface area (Å²) in [4.78, 5) is 13.0. The minimum Gasteiger partial charge on any atom is -0.435 e. The third-order valence-electron chi connectivity index (χ3n) is 6.10. The van der Waals surface area contributed by atoms with Gasteiger partial charge in [0.05, 0.1) is 22.7 Å². The number of benzene rings is 2. The zero-order valence-corrected chi connectivity index (χ0v) is 22.6. The van der Waals surface area contributed by atoms with Crippen LogP contribution in [-0.2, 0) is 15.8 Å². The first-order chi connectivity index (χ1) is 19.3. The topological polar surface area (TPSA) is 118 Å². The van der Waals surface area contributed by atoms with Gasteiger partial charge >= 0.3 is 0 Å². The van der Waals surface area contributed by atoms with E-state index in [1.807, 2.05) is 0 Å². The Morgan fingerprint density at radius 2 is 1.93 bits per heavy atom. The third-order valence-corrected chi connectivity index (χ3v) is 7.58. The number of aromatic nitrogens is 3. The Labute approximate surface area is 235 Å². The van der Waals surface area contributed by atoms with Crippen LogP contribution in [0.25, 0.3) is 11.3 Å². The zero-order valence-electron chi connectivity index (χ0n) is 21.1. The van der Waals surface area contributed by atoms with Crippen molar-refractivity contribution in [3.8, 4) is 22.9 Å². The number of hydrogen-bond acceptors (Lipinski definition) is 8. The van der Waals surface area contributed by atoms with E-state index in [0.29, 0.717) is 27.8 Å². The highest BCUT2D eigenvalue weighted by Crippen LogP contribution is 2.34. The number of ether oxygens (including phenoxy) is 1. The Balaban J connectivity index is 1.34. The van der Waals surface area contributed by atoms with Gasteiger partial charge in [0.2, 0.25) is 27.7 Å². The molecule has 13 heteroatoms. The molecule has 0 saturated carbocycles. The fourth-order valence-electron chi connectivity index (χ4n) is 4.25. The molecule has 1 unspecified atom stereocenters. The van der Waals surface area contributed by atoms with Gasteiger partial charge in [0.1, 0.15) is 0 Å². The molecule has 1 saturated heterocycles. The first-order valence-corrected chi connectivity index (χ1v) is 14.5. The Morgan fingerprint density at radius 3 is 2.73 bits per heavy atom. The second-order valence-electron chi connectivity index (χ2n) is 9.14. The largest absolute Gasteiger partial charge is 0.435 e. The Morgan fingerprint density at radius 1 is 1.05 bits per heavy atom. The molecule has 1 aliphatic rings. The van der Waals surface area contributed by atoms with Crippen LogP contribution in [-0.4, -0.2) is 42.5 Å². The molecule has 9 nitrogen and oxygen atoms in total. The van der Waals surface area contributed by atoms with Gasteiger partial charge in [0, 0.05) is 30.0 Å². The molecule has 5 rings (SSSR count). The highest BCUT2D eigenvalue weighted by molar-refractivity contribution is 7.91. The van der Waals surface area contributed by atoms with Crippen molar-refractivity contribution >= 4 is 33.3 Å². The van der Waals surface area contributed by atoms with Gasteiger partial charge in [-0.25, -0.2) is 27.8 Å². The maximum atomic E-state index is 15.0. The fraction of sp³-hybridized carbons (Fsp3) is 0.222. The Bertz CT molecular complexity index is 1620. The fourth-order valence-corrected chi connectivity index (χ4v) is 5.64. The molecule has 0 aliphatic carbocycles. The molecule has 1 atom stereocenters. The average molecular weight is 587 g/mol. The highest BCUT2D eigenvalue weighted by atomic mass is 35.5.